The van der Waals surface area contributed by atoms with Gasteiger partial charge in [0.25, 0.3) is 0 Å². The van der Waals surface area contributed by atoms with Gasteiger partial charge in [-0.05, 0) is 19.1 Å². The van der Waals surface area contributed by atoms with Gasteiger partial charge in [-0.25, -0.2) is 9.48 Å². The highest BCUT2D eigenvalue weighted by Crippen LogP contribution is 2.27. The van der Waals surface area contributed by atoms with E-state index in [2.05, 4.69) is 20.2 Å². The molecule has 0 aliphatic carbocycles. The minimum atomic E-state index is -1.05. The van der Waals surface area contributed by atoms with E-state index < -0.39 is 5.97 Å². The Bertz CT molecular complexity index is 618. The maximum Gasteiger partial charge on any atom is 0.358 e. The van der Waals surface area contributed by atoms with E-state index in [-0.39, 0.29) is 11.7 Å². The Labute approximate surface area is 109 Å². The number of aromatic nitrogens is 4. The van der Waals surface area contributed by atoms with Crippen LogP contribution in [0, 0.1) is 6.92 Å². The van der Waals surface area contributed by atoms with Gasteiger partial charge in [-0.3, -0.25) is 4.98 Å². The molecule has 3 rings (SSSR count). The van der Waals surface area contributed by atoms with Crippen molar-refractivity contribution < 1.29 is 9.90 Å². The first-order valence-corrected chi connectivity index (χ1v) is 5.96. The summed E-state index contributed by atoms with van der Waals surface area (Å²) in [6, 6.07) is 4.17. The fourth-order valence-electron chi connectivity index (χ4n) is 2.11. The van der Waals surface area contributed by atoms with Crippen molar-refractivity contribution in [3.63, 3.8) is 0 Å². The summed E-state index contributed by atoms with van der Waals surface area (Å²) in [5.74, 6) is -1.05. The van der Waals surface area contributed by atoms with Crippen LogP contribution in [0.25, 0.3) is 0 Å². The first-order valence-electron chi connectivity index (χ1n) is 5.96. The van der Waals surface area contributed by atoms with Crippen LogP contribution in [0.5, 0.6) is 0 Å². The molecule has 0 saturated carbocycles. The van der Waals surface area contributed by atoms with E-state index in [1.54, 1.807) is 10.9 Å². The molecule has 0 spiro atoms. The third-order valence-corrected chi connectivity index (χ3v) is 3.21. The van der Waals surface area contributed by atoms with Crippen LogP contribution < -0.4 is 4.90 Å². The number of hydrogen-bond acceptors (Lipinski definition) is 5. The predicted molar refractivity (Wildman–Crippen MR) is 67.2 cm³/mol. The second-order valence-electron chi connectivity index (χ2n) is 4.60. The largest absolute Gasteiger partial charge is 0.476 e. The zero-order chi connectivity index (χ0) is 13.4. The number of anilines is 1. The van der Waals surface area contributed by atoms with Crippen molar-refractivity contribution in [2.75, 3.05) is 18.0 Å². The normalized spacial score (nSPS) is 15.3. The molecule has 1 aliphatic rings. The van der Waals surface area contributed by atoms with Gasteiger partial charge >= 0.3 is 5.97 Å². The first-order chi connectivity index (χ1) is 9.13. The molecule has 1 N–H and O–H groups in total. The quantitative estimate of drug-likeness (QED) is 0.875. The molecule has 19 heavy (non-hydrogen) atoms. The molecule has 0 unspecified atom stereocenters. The number of aryl methyl sites for hydroxylation is 1. The topological polar surface area (TPSA) is 84.1 Å². The lowest BCUT2D eigenvalue weighted by molar-refractivity contribution is 0.0690. The lowest BCUT2D eigenvalue weighted by atomic mass is 10.1. The van der Waals surface area contributed by atoms with Gasteiger partial charge < -0.3 is 10.0 Å². The average molecular weight is 259 g/mol. The van der Waals surface area contributed by atoms with Crippen LogP contribution in [0.1, 0.15) is 22.2 Å². The van der Waals surface area contributed by atoms with Crippen LogP contribution in [0.3, 0.4) is 0 Å². The molecule has 1 fully saturated rings. The van der Waals surface area contributed by atoms with Gasteiger partial charge in [0.15, 0.2) is 5.69 Å². The SMILES string of the molecule is Cc1cc(N2CC(n3cc(C(=O)O)nn3)C2)ccn1. The molecule has 2 aromatic rings. The van der Waals surface area contributed by atoms with Crippen LogP contribution in [0.15, 0.2) is 24.5 Å². The minimum Gasteiger partial charge on any atom is -0.476 e. The van der Waals surface area contributed by atoms with Gasteiger partial charge in [0, 0.05) is 30.7 Å². The van der Waals surface area contributed by atoms with Crippen molar-refractivity contribution in [1.82, 2.24) is 20.0 Å². The van der Waals surface area contributed by atoms with Crippen molar-refractivity contribution >= 4 is 11.7 Å². The Morgan fingerprint density at radius 2 is 2.26 bits per heavy atom. The minimum absolute atomic E-state index is 0.0156. The number of aromatic carboxylic acids is 1. The standard InChI is InChI=1S/C12H13N5O2/c1-8-4-9(2-3-13-8)16-5-10(6-16)17-7-11(12(18)19)14-15-17/h2-4,7,10H,5-6H2,1H3,(H,18,19). The van der Waals surface area contributed by atoms with E-state index in [9.17, 15) is 4.79 Å². The maximum absolute atomic E-state index is 10.7. The van der Waals surface area contributed by atoms with E-state index >= 15 is 0 Å². The Morgan fingerprint density at radius 1 is 1.47 bits per heavy atom. The lowest BCUT2D eigenvalue weighted by Crippen LogP contribution is -2.48. The fourth-order valence-corrected chi connectivity index (χ4v) is 2.11. The maximum atomic E-state index is 10.7. The molecule has 0 bridgehead atoms. The highest BCUT2D eigenvalue weighted by atomic mass is 16.4. The summed E-state index contributed by atoms with van der Waals surface area (Å²) in [5.41, 5.74) is 2.09. The van der Waals surface area contributed by atoms with Gasteiger partial charge in [-0.1, -0.05) is 5.21 Å². The monoisotopic (exact) mass is 259 g/mol. The van der Waals surface area contributed by atoms with E-state index in [1.165, 1.54) is 6.20 Å². The van der Waals surface area contributed by atoms with Crippen molar-refractivity contribution in [2.24, 2.45) is 0 Å². The highest BCUT2D eigenvalue weighted by Gasteiger charge is 2.30. The average Bonchev–Trinajstić information content (AvgIpc) is 2.76. The molecule has 2 aromatic heterocycles. The summed E-state index contributed by atoms with van der Waals surface area (Å²) < 4.78 is 1.62. The number of hydrogen-bond donors (Lipinski definition) is 1. The number of nitrogens with zero attached hydrogens (tertiary/aromatic N) is 5. The van der Waals surface area contributed by atoms with Crippen LogP contribution in [-0.4, -0.2) is 44.1 Å². The number of carboxylic acids is 1. The second kappa shape index (κ2) is 4.34. The van der Waals surface area contributed by atoms with Gasteiger partial charge in [0.05, 0.1) is 12.2 Å². The smallest absolute Gasteiger partial charge is 0.358 e. The third kappa shape index (κ3) is 2.14. The third-order valence-electron chi connectivity index (χ3n) is 3.21. The van der Waals surface area contributed by atoms with Gasteiger partial charge in [0.2, 0.25) is 0 Å². The Morgan fingerprint density at radius 3 is 2.89 bits per heavy atom. The number of carboxylic acid groups (broad SMARTS) is 1. The molecular formula is C12H13N5O2. The summed E-state index contributed by atoms with van der Waals surface area (Å²) in [4.78, 5) is 17.1. The molecule has 1 aliphatic heterocycles. The Balaban J connectivity index is 1.67. The predicted octanol–water partition coefficient (Wildman–Crippen LogP) is 0.741. The molecule has 7 nitrogen and oxygen atoms in total. The van der Waals surface area contributed by atoms with E-state index in [1.807, 2.05) is 19.1 Å². The summed E-state index contributed by atoms with van der Waals surface area (Å²) in [6.07, 6.45) is 3.26. The molecule has 0 aromatic carbocycles. The summed E-state index contributed by atoms with van der Waals surface area (Å²) in [7, 11) is 0. The zero-order valence-electron chi connectivity index (χ0n) is 10.4. The summed E-state index contributed by atoms with van der Waals surface area (Å²) in [5, 5.41) is 16.3. The molecule has 0 amide bonds. The lowest BCUT2D eigenvalue weighted by Gasteiger charge is -2.40. The van der Waals surface area contributed by atoms with Crippen molar-refractivity contribution in [1.29, 1.82) is 0 Å². The zero-order valence-corrected chi connectivity index (χ0v) is 10.4. The molecule has 3 heterocycles. The van der Waals surface area contributed by atoms with Gasteiger partial charge in [-0.2, -0.15) is 0 Å². The number of rotatable bonds is 3. The van der Waals surface area contributed by atoms with Gasteiger partial charge in [-0.15, -0.1) is 5.10 Å². The molecule has 98 valence electrons. The van der Waals surface area contributed by atoms with E-state index in [0.29, 0.717) is 0 Å². The highest BCUT2D eigenvalue weighted by molar-refractivity contribution is 5.84. The van der Waals surface area contributed by atoms with Crippen LogP contribution in [-0.2, 0) is 0 Å². The van der Waals surface area contributed by atoms with E-state index in [0.717, 1.165) is 24.5 Å². The van der Waals surface area contributed by atoms with Gasteiger partial charge in [0.1, 0.15) is 0 Å². The summed E-state index contributed by atoms with van der Waals surface area (Å²) >= 11 is 0. The van der Waals surface area contributed by atoms with E-state index in [4.69, 9.17) is 5.11 Å². The fraction of sp³-hybridized carbons (Fsp3) is 0.333. The van der Waals surface area contributed by atoms with Crippen LogP contribution in [0.2, 0.25) is 0 Å². The van der Waals surface area contributed by atoms with Crippen molar-refractivity contribution in [3.05, 3.63) is 35.9 Å². The molecule has 1 saturated heterocycles. The molecule has 0 atom stereocenters. The van der Waals surface area contributed by atoms with Crippen molar-refractivity contribution in [3.8, 4) is 0 Å². The van der Waals surface area contributed by atoms with Crippen LogP contribution in [0.4, 0.5) is 5.69 Å². The molecule has 0 radical (unpaired) electrons. The van der Waals surface area contributed by atoms with Crippen molar-refractivity contribution in [2.45, 2.75) is 13.0 Å². The summed E-state index contributed by atoms with van der Waals surface area (Å²) in [6.45, 7) is 3.55. The Kier molecular flexibility index (Phi) is 2.66. The number of pyridine rings is 1. The van der Waals surface area contributed by atoms with Crippen LogP contribution >= 0.6 is 0 Å². The number of carbonyl (C=O) groups is 1. The Hall–Kier alpha value is -2.44. The molecule has 7 heteroatoms. The first kappa shape index (κ1) is 11.6. The molecular weight excluding hydrogens is 246 g/mol. The second-order valence-corrected chi connectivity index (χ2v) is 4.60.